The molecule has 0 spiro atoms. The lowest BCUT2D eigenvalue weighted by atomic mass is 9.98. The summed E-state index contributed by atoms with van der Waals surface area (Å²) in [4.78, 5) is 11.5. The minimum atomic E-state index is -3.46. The largest absolute Gasteiger partial charge is 0.384 e. The molecule has 0 aliphatic carbocycles. The summed E-state index contributed by atoms with van der Waals surface area (Å²) in [6.07, 6.45) is 1.16. The van der Waals surface area contributed by atoms with Crippen LogP contribution >= 0.6 is 0 Å². The third-order valence-electron chi connectivity index (χ3n) is 2.67. The quantitative estimate of drug-likeness (QED) is 0.831. The summed E-state index contributed by atoms with van der Waals surface area (Å²) in [5.74, 6) is -0.427. The van der Waals surface area contributed by atoms with E-state index in [0.29, 0.717) is 6.54 Å². The highest BCUT2D eigenvalue weighted by atomic mass is 32.2. The smallest absolute Gasteiger partial charge is 0.234 e. The number of rotatable bonds is 3. The zero-order valence-electron chi connectivity index (χ0n) is 9.43. The zero-order valence-corrected chi connectivity index (χ0v) is 10.3. The third kappa shape index (κ3) is 2.97. The summed E-state index contributed by atoms with van der Waals surface area (Å²) in [7, 11) is -3.46. The number of amides is 1. The zero-order chi connectivity index (χ0) is 12.5. The second-order valence-corrected chi connectivity index (χ2v) is 5.92. The van der Waals surface area contributed by atoms with Crippen molar-refractivity contribution in [2.24, 2.45) is 0 Å². The van der Waals surface area contributed by atoms with Gasteiger partial charge in [0.25, 0.3) is 0 Å². The van der Waals surface area contributed by atoms with E-state index in [0.717, 1.165) is 17.5 Å². The van der Waals surface area contributed by atoms with Crippen molar-refractivity contribution in [3.8, 4) is 0 Å². The van der Waals surface area contributed by atoms with E-state index in [1.807, 2.05) is 29.0 Å². The van der Waals surface area contributed by atoms with Crippen molar-refractivity contribution in [3.05, 3.63) is 29.8 Å². The first-order chi connectivity index (χ1) is 7.96. The third-order valence-corrected chi connectivity index (χ3v) is 3.27. The highest BCUT2D eigenvalue weighted by Crippen LogP contribution is 2.32. The highest BCUT2D eigenvalue weighted by Gasteiger charge is 2.24. The highest BCUT2D eigenvalue weighted by molar-refractivity contribution is 7.89. The molecule has 0 bridgehead atoms. The van der Waals surface area contributed by atoms with Gasteiger partial charge in [0, 0.05) is 24.6 Å². The molecule has 0 radical (unpaired) electrons. The molecule has 17 heavy (non-hydrogen) atoms. The van der Waals surface area contributed by atoms with E-state index in [2.05, 4.69) is 5.32 Å². The van der Waals surface area contributed by atoms with Gasteiger partial charge in [0.1, 0.15) is 0 Å². The summed E-state index contributed by atoms with van der Waals surface area (Å²) >= 11 is 0. The van der Waals surface area contributed by atoms with E-state index in [9.17, 15) is 13.2 Å². The predicted octanol–water partition coefficient (Wildman–Crippen LogP) is 0.662. The first kappa shape index (κ1) is 11.9. The number of para-hydroxylation sites is 1. The molecular weight excluding hydrogens is 240 g/mol. The fourth-order valence-corrected chi connectivity index (χ4v) is 2.51. The summed E-state index contributed by atoms with van der Waals surface area (Å²) in [6, 6.07) is 7.73. The van der Waals surface area contributed by atoms with Crippen LogP contribution in [0.4, 0.5) is 5.69 Å². The van der Waals surface area contributed by atoms with Gasteiger partial charge in [-0.3, -0.25) is 9.52 Å². The van der Waals surface area contributed by atoms with Gasteiger partial charge in [0.05, 0.1) is 6.26 Å². The molecule has 1 aromatic rings. The Hall–Kier alpha value is -1.56. The Morgan fingerprint density at radius 2 is 2.18 bits per heavy atom. The van der Waals surface area contributed by atoms with Gasteiger partial charge in [-0.1, -0.05) is 18.2 Å². The van der Waals surface area contributed by atoms with Gasteiger partial charge < -0.3 is 5.32 Å². The number of fused-ring (bicyclic) bond motifs is 1. The van der Waals surface area contributed by atoms with E-state index >= 15 is 0 Å². The molecule has 2 N–H and O–H groups in total. The molecule has 92 valence electrons. The molecule has 5 nitrogen and oxygen atoms in total. The number of benzene rings is 1. The lowest BCUT2D eigenvalue weighted by Crippen LogP contribution is -2.30. The summed E-state index contributed by atoms with van der Waals surface area (Å²) in [6.45, 7) is 0.663. The van der Waals surface area contributed by atoms with Gasteiger partial charge >= 0.3 is 0 Å². The van der Waals surface area contributed by atoms with E-state index in [-0.39, 0.29) is 12.3 Å². The lowest BCUT2D eigenvalue weighted by molar-refractivity contribution is -0.119. The summed E-state index contributed by atoms with van der Waals surface area (Å²) in [5.41, 5.74) is 2.08. The standard InChI is InChI=1S/C11H14N2O3S/c1-17(15,16)13-11(14)6-8-7-12-10-5-3-2-4-9(8)10/h2-5,8,12H,6-7H2,1H3,(H,13,14). The monoisotopic (exact) mass is 254 g/mol. The Labute approximate surface area is 100 Å². The maximum atomic E-state index is 11.5. The van der Waals surface area contributed by atoms with Gasteiger partial charge in [-0.05, 0) is 11.6 Å². The molecule has 0 saturated carbocycles. The van der Waals surface area contributed by atoms with Crippen LogP contribution in [0.15, 0.2) is 24.3 Å². The van der Waals surface area contributed by atoms with Crippen LogP contribution in [0.3, 0.4) is 0 Å². The number of sulfonamides is 1. The second-order valence-electron chi connectivity index (χ2n) is 4.17. The number of hydrogen-bond donors (Lipinski definition) is 2. The van der Waals surface area contributed by atoms with Crippen molar-refractivity contribution >= 4 is 21.6 Å². The molecule has 1 amide bonds. The van der Waals surface area contributed by atoms with Crippen molar-refractivity contribution in [2.45, 2.75) is 12.3 Å². The summed E-state index contributed by atoms with van der Waals surface area (Å²) < 4.78 is 23.8. The Balaban J connectivity index is 2.05. The van der Waals surface area contributed by atoms with Crippen LogP contribution in [0.1, 0.15) is 17.9 Å². The van der Waals surface area contributed by atoms with Crippen LogP contribution < -0.4 is 10.0 Å². The average Bonchev–Trinajstić information content (AvgIpc) is 2.59. The Kier molecular flexibility index (Phi) is 3.06. The molecule has 2 rings (SSSR count). The predicted molar refractivity (Wildman–Crippen MR) is 65.3 cm³/mol. The van der Waals surface area contributed by atoms with Crippen LogP contribution in [-0.4, -0.2) is 27.1 Å². The average molecular weight is 254 g/mol. The summed E-state index contributed by atoms with van der Waals surface area (Å²) in [5, 5.41) is 3.19. The van der Waals surface area contributed by atoms with Crippen molar-refractivity contribution in [2.75, 3.05) is 18.1 Å². The van der Waals surface area contributed by atoms with Crippen LogP contribution in [0, 0.1) is 0 Å². The minimum Gasteiger partial charge on any atom is -0.384 e. The lowest BCUT2D eigenvalue weighted by Gasteiger charge is -2.09. The molecule has 1 heterocycles. The van der Waals surface area contributed by atoms with Crippen molar-refractivity contribution < 1.29 is 13.2 Å². The molecule has 1 aliphatic heterocycles. The molecule has 1 atom stereocenters. The maximum absolute atomic E-state index is 11.5. The Morgan fingerprint density at radius 1 is 1.47 bits per heavy atom. The van der Waals surface area contributed by atoms with Gasteiger partial charge in [0.2, 0.25) is 15.9 Å². The van der Waals surface area contributed by atoms with Crippen LogP contribution in [-0.2, 0) is 14.8 Å². The van der Waals surface area contributed by atoms with E-state index < -0.39 is 15.9 Å². The van der Waals surface area contributed by atoms with Crippen LogP contribution in [0.2, 0.25) is 0 Å². The Bertz CT molecular complexity index is 539. The van der Waals surface area contributed by atoms with Crippen LogP contribution in [0.25, 0.3) is 0 Å². The van der Waals surface area contributed by atoms with Gasteiger partial charge in [-0.25, -0.2) is 8.42 Å². The second kappa shape index (κ2) is 4.37. The van der Waals surface area contributed by atoms with Crippen molar-refractivity contribution in [1.82, 2.24) is 4.72 Å². The number of carbonyl (C=O) groups excluding carboxylic acids is 1. The Morgan fingerprint density at radius 3 is 2.88 bits per heavy atom. The van der Waals surface area contributed by atoms with Crippen LogP contribution in [0.5, 0.6) is 0 Å². The molecule has 0 fully saturated rings. The van der Waals surface area contributed by atoms with Gasteiger partial charge in [-0.15, -0.1) is 0 Å². The SMILES string of the molecule is CS(=O)(=O)NC(=O)CC1CNc2ccccc21. The molecule has 0 aromatic heterocycles. The van der Waals surface area contributed by atoms with Crippen molar-refractivity contribution in [3.63, 3.8) is 0 Å². The topological polar surface area (TPSA) is 75.3 Å². The number of anilines is 1. The molecule has 1 aliphatic rings. The van der Waals surface area contributed by atoms with Crippen molar-refractivity contribution in [1.29, 1.82) is 0 Å². The first-order valence-corrected chi connectivity index (χ1v) is 7.18. The number of carbonyl (C=O) groups is 1. The number of hydrogen-bond acceptors (Lipinski definition) is 4. The maximum Gasteiger partial charge on any atom is 0.234 e. The molecule has 0 saturated heterocycles. The first-order valence-electron chi connectivity index (χ1n) is 5.29. The fraction of sp³-hybridized carbons (Fsp3) is 0.364. The van der Waals surface area contributed by atoms with E-state index in [1.54, 1.807) is 0 Å². The number of nitrogens with one attached hydrogen (secondary N) is 2. The molecular formula is C11H14N2O3S. The van der Waals surface area contributed by atoms with E-state index in [1.165, 1.54) is 0 Å². The normalized spacial score (nSPS) is 18.3. The molecule has 1 unspecified atom stereocenters. The minimum absolute atomic E-state index is 0.0351. The fourth-order valence-electron chi connectivity index (χ4n) is 2.01. The molecule has 1 aromatic carbocycles. The van der Waals surface area contributed by atoms with E-state index in [4.69, 9.17) is 0 Å². The van der Waals surface area contributed by atoms with Gasteiger partial charge in [0.15, 0.2) is 0 Å². The van der Waals surface area contributed by atoms with Gasteiger partial charge in [-0.2, -0.15) is 0 Å². The molecule has 6 heteroatoms.